The van der Waals surface area contributed by atoms with Crippen molar-refractivity contribution in [3.05, 3.63) is 76.2 Å². The van der Waals surface area contributed by atoms with Gasteiger partial charge in [0.25, 0.3) is 5.91 Å². The summed E-state index contributed by atoms with van der Waals surface area (Å²) in [5.74, 6) is -0.240. The number of rotatable bonds is 6. The molecule has 0 atom stereocenters. The van der Waals surface area contributed by atoms with Crippen molar-refractivity contribution in [2.75, 3.05) is 11.1 Å². The largest absolute Gasteiger partial charge is 0.445 e. The number of alkyl carbamates (subject to hydrolysis) is 1. The Morgan fingerprint density at radius 1 is 1.11 bits per heavy atom. The molecule has 27 heavy (non-hydrogen) atoms. The predicted molar refractivity (Wildman–Crippen MR) is 104 cm³/mol. The average Bonchev–Trinajstić information content (AvgIpc) is 3.10. The maximum Gasteiger partial charge on any atom is 0.407 e. The lowest BCUT2D eigenvalue weighted by Crippen LogP contribution is -2.23. The molecular weight excluding hydrogens is 364 g/mol. The number of benzene rings is 1. The fraction of sp³-hybridized carbons (Fsp3) is 0.105. The first kappa shape index (κ1) is 18.4. The summed E-state index contributed by atoms with van der Waals surface area (Å²) in [6.45, 7) is 0.454. The van der Waals surface area contributed by atoms with E-state index in [-0.39, 0.29) is 12.5 Å². The number of hydrogen-bond acceptors (Lipinski definition) is 6. The smallest absolute Gasteiger partial charge is 0.407 e. The summed E-state index contributed by atoms with van der Waals surface area (Å²) < 4.78 is 5.12. The highest BCUT2D eigenvalue weighted by Gasteiger charge is 2.09. The molecule has 0 unspecified atom stereocenters. The Kier molecular flexibility index (Phi) is 6.01. The molecule has 0 radical (unpaired) electrons. The van der Waals surface area contributed by atoms with Crippen LogP contribution in [0.1, 0.15) is 21.5 Å². The van der Waals surface area contributed by atoms with Gasteiger partial charge in [-0.1, -0.05) is 18.2 Å². The molecule has 3 aromatic rings. The van der Waals surface area contributed by atoms with Crippen LogP contribution in [-0.2, 0) is 17.9 Å². The minimum atomic E-state index is -0.520. The SMILES string of the molecule is Nc1cscc1NC(=O)c1ccc(CNC(=O)OCc2cccnc2)cc1. The second-order valence-electron chi connectivity index (χ2n) is 5.68. The second kappa shape index (κ2) is 8.81. The number of hydrogen-bond donors (Lipinski definition) is 3. The number of carbonyl (C=O) groups is 2. The first-order chi connectivity index (χ1) is 13.1. The number of nitrogen functional groups attached to an aromatic ring is 1. The Bertz CT molecular complexity index is 910. The number of pyridine rings is 1. The maximum atomic E-state index is 12.2. The first-order valence-electron chi connectivity index (χ1n) is 8.13. The van der Waals surface area contributed by atoms with Gasteiger partial charge in [-0.25, -0.2) is 4.79 Å². The molecule has 3 rings (SSSR count). The van der Waals surface area contributed by atoms with Crippen molar-refractivity contribution >= 4 is 34.7 Å². The summed E-state index contributed by atoms with van der Waals surface area (Å²) >= 11 is 1.42. The number of amides is 2. The first-order valence-corrected chi connectivity index (χ1v) is 9.07. The molecule has 0 aliphatic rings. The van der Waals surface area contributed by atoms with Gasteiger partial charge in [0.15, 0.2) is 0 Å². The van der Waals surface area contributed by atoms with Gasteiger partial charge in [-0.15, -0.1) is 11.3 Å². The predicted octanol–water partition coefficient (Wildman–Crippen LogP) is 3.40. The highest BCUT2D eigenvalue weighted by molar-refractivity contribution is 7.09. The van der Waals surface area contributed by atoms with E-state index in [4.69, 9.17) is 10.5 Å². The molecule has 8 heteroatoms. The Balaban J connectivity index is 1.46. The van der Waals surface area contributed by atoms with Gasteiger partial charge >= 0.3 is 6.09 Å². The van der Waals surface area contributed by atoms with Gasteiger partial charge in [0.2, 0.25) is 0 Å². The van der Waals surface area contributed by atoms with Crippen LogP contribution in [0.25, 0.3) is 0 Å². The highest BCUT2D eigenvalue weighted by Crippen LogP contribution is 2.23. The lowest BCUT2D eigenvalue weighted by Gasteiger charge is -2.08. The fourth-order valence-corrected chi connectivity index (χ4v) is 2.91. The number of aromatic nitrogens is 1. The maximum absolute atomic E-state index is 12.2. The van der Waals surface area contributed by atoms with Crippen LogP contribution in [0.5, 0.6) is 0 Å². The molecule has 0 saturated carbocycles. The number of ether oxygens (including phenoxy) is 1. The number of anilines is 2. The number of carbonyl (C=O) groups excluding carboxylic acids is 2. The van der Waals surface area contributed by atoms with Crippen molar-refractivity contribution in [2.24, 2.45) is 0 Å². The topological polar surface area (TPSA) is 106 Å². The minimum absolute atomic E-state index is 0.157. The van der Waals surface area contributed by atoms with Crippen LogP contribution in [-0.4, -0.2) is 17.0 Å². The van der Waals surface area contributed by atoms with E-state index >= 15 is 0 Å². The van der Waals surface area contributed by atoms with Crippen LogP contribution in [0.2, 0.25) is 0 Å². The van der Waals surface area contributed by atoms with E-state index < -0.39 is 6.09 Å². The van der Waals surface area contributed by atoms with E-state index in [1.807, 2.05) is 6.07 Å². The van der Waals surface area contributed by atoms with E-state index in [0.717, 1.165) is 11.1 Å². The van der Waals surface area contributed by atoms with Crippen molar-refractivity contribution in [3.63, 3.8) is 0 Å². The van der Waals surface area contributed by atoms with Crippen molar-refractivity contribution < 1.29 is 14.3 Å². The molecule has 1 aromatic carbocycles. The third-order valence-electron chi connectivity index (χ3n) is 3.69. The lowest BCUT2D eigenvalue weighted by molar-refractivity contribution is 0.102. The van der Waals surface area contributed by atoms with Crippen LogP contribution in [0.15, 0.2) is 59.6 Å². The summed E-state index contributed by atoms with van der Waals surface area (Å²) in [7, 11) is 0. The lowest BCUT2D eigenvalue weighted by atomic mass is 10.1. The molecular formula is C19H18N4O3S. The summed E-state index contributed by atoms with van der Waals surface area (Å²) in [5, 5.41) is 8.97. The number of nitrogens with two attached hydrogens (primary N) is 1. The summed E-state index contributed by atoms with van der Waals surface area (Å²) in [6.07, 6.45) is 2.78. The van der Waals surface area contributed by atoms with Gasteiger partial charge in [0, 0.05) is 40.8 Å². The monoisotopic (exact) mass is 382 g/mol. The van der Waals surface area contributed by atoms with Crippen molar-refractivity contribution in [1.29, 1.82) is 0 Å². The Hall–Kier alpha value is -3.39. The van der Waals surface area contributed by atoms with E-state index in [9.17, 15) is 9.59 Å². The van der Waals surface area contributed by atoms with Crippen LogP contribution >= 0.6 is 11.3 Å². The van der Waals surface area contributed by atoms with Gasteiger partial charge in [0.1, 0.15) is 6.61 Å². The van der Waals surface area contributed by atoms with Gasteiger partial charge in [0.05, 0.1) is 11.4 Å². The van der Waals surface area contributed by atoms with Crippen molar-refractivity contribution in [2.45, 2.75) is 13.2 Å². The normalized spacial score (nSPS) is 10.2. The molecule has 2 heterocycles. The third kappa shape index (κ3) is 5.29. The van der Waals surface area contributed by atoms with E-state index in [2.05, 4.69) is 15.6 Å². The van der Waals surface area contributed by atoms with Crippen LogP contribution in [0.4, 0.5) is 16.2 Å². The summed E-state index contributed by atoms with van der Waals surface area (Å²) in [6, 6.07) is 10.5. The zero-order valence-corrected chi connectivity index (χ0v) is 15.2. The summed E-state index contributed by atoms with van der Waals surface area (Å²) in [5.41, 5.74) is 9.07. The molecule has 0 aliphatic carbocycles. The van der Waals surface area contributed by atoms with Crippen molar-refractivity contribution in [1.82, 2.24) is 10.3 Å². The molecule has 7 nitrogen and oxygen atoms in total. The molecule has 2 amide bonds. The Labute approximate surface area is 160 Å². The molecule has 2 aromatic heterocycles. The summed E-state index contributed by atoms with van der Waals surface area (Å²) in [4.78, 5) is 27.9. The highest BCUT2D eigenvalue weighted by atomic mass is 32.1. The zero-order chi connectivity index (χ0) is 19.1. The number of thiophene rings is 1. The standard InChI is InChI=1S/C19H18N4O3S/c20-16-11-27-12-17(16)23-18(24)15-5-3-13(4-6-15)9-22-19(25)26-10-14-2-1-7-21-8-14/h1-8,11-12H,9-10,20H2,(H,22,25)(H,23,24). The average molecular weight is 382 g/mol. The fourth-order valence-electron chi connectivity index (χ4n) is 2.23. The molecule has 4 N–H and O–H groups in total. The molecule has 0 fully saturated rings. The van der Waals surface area contributed by atoms with Gasteiger partial charge in [-0.05, 0) is 23.8 Å². The Morgan fingerprint density at radius 2 is 1.93 bits per heavy atom. The number of nitrogens with one attached hydrogen (secondary N) is 2. The van der Waals surface area contributed by atoms with E-state index in [1.165, 1.54) is 11.3 Å². The second-order valence-corrected chi connectivity index (χ2v) is 6.43. The molecule has 0 aliphatic heterocycles. The van der Waals surface area contributed by atoms with Crippen LogP contribution in [0, 0.1) is 0 Å². The molecule has 0 saturated heterocycles. The van der Waals surface area contributed by atoms with Crippen molar-refractivity contribution in [3.8, 4) is 0 Å². The quantitative estimate of drug-likeness (QED) is 0.606. The molecule has 0 spiro atoms. The van der Waals surface area contributed by atoms with Gasteiger partial charge < -0.3 is 21.1 Å². The van der Waals surface area contributed by atoms with Gasteiger partial charge in [-0.2, -0.15) is 0 Å². The van der Waals surface area contributed by atoms with Gasteiger partial charge in [-0.3, -0.25) is 9.78 Å². The number of nitrogens with zero attached hydrogens (tertiary/aromatic N) is 1. The minimum Gasteiger partial charge on any atom is -0.445 e. The molecule has 0 bridgehead atoms. The Morgan fingerprint density at radius 3 is 2.59 bits per heavy atom. The molecule has 138 valence electrons. The van der Waals surface area contributed by atoms with E-state index in [1.54, 1.807) is 53.5 Å². The van der Waals surface area contributed by atoms with Crippen LogP contribution < -0.4 is 16.4 Å². The third-order valence-corrected chi connectivity index (χ3v) is 4.45. The zero-order valence-electron chi connectivity index (χ0n) is 14.3. The van der Waals surface area contributed by atoms with Crippen LogP contribution in [0.3, 0.4) is 0 Å². The van der Waals surface area contributed by atoms with E-state index in [0.29, 0.717) is 23.5 Å².